The van der Waals surface area contributed by atoms with Crippen LogP contribution in [0.3, 0.4) is 0 Å². The third-order valence-corrected chi connectivity index (χ3v) is 3.29. The molecule has 1 amide bonds. The Morgan fingerprint density at radius 3 is 2.75 bits per heavy atom. The van der Waals surface area contributed by atoms with Gasteiger partial charge in [0.1, 0.15) is 5.75 Å². The summed E-state index contributed by atoms with van der Waals surface area (Å²) in [6, 6.07) is 9.14. The van der Waals surface area contributed by atoms with Crippen LogP contribution in [0.1, 0.15) is 19.5 Å². The molecule has 1 atom stereocenters. The zero-order valence-electron chi connectivity index (χ0n) is 11.3. The lowest BCUT2D eigenvalue weighted by atomic mass is 10.3. The van der Waals surface area contributed by atoms with Gasteiger partial charge in [0, 0.05) is 16.2 Å². The molecule has 106 valence electrons. The number of nitrogens with one attached hydrogen (secondary N) is 2. The van der Waals surface area contributed by atoms with Gasteiger partial charge in [-0.25, -0.2) is 0 Å². The Bertz CT molecular complexity index is 580. The molecule has 0 fully saturated rings. The van der Waals surface area contributed by atoms with Crippen LogP contribution in [0.4, 0.5) is 5.82 Å². The second-order valence-corrected chi connectivity index (χ2v) is 5.25. The predicted molar refractivity (Wildman–Crippen MR) is 80.8 cm³/mol. The van der Waals surface area contributed by atoms with Crippen molar-refractivity contribution in [2.24, 2.45) is 0 Å². The maximum atomic E-state index is 12.0. The van der Waals surface area contributed by atoms with E-state index in [9.17, 15) is 4.79 Å². The van der Waals surface area contributed by atoms with Crippen LogP contribution in [0.2, 0.25) is 0 Å². The highest BCUT2D eigenvalue weighted by molar-refractivity contribution is 9.10. The molecule has 2 aromatic rings. The van der Waals surface area contributed by atoms with Gasteiger partial charge in [0.15, 0.2) is 11.9 Å². The molecule has 1 aromatic carbocycles. The number of aryl methyl sites for hydroxylation is 1. The van der Waals surface area contributed by atoms with Crippen molar-refractivity contribution >= 4 is 27.7 Å². The molecule has 0 saturated heterocycles. The van der Waals surface area contributed by atoms with E-state index in [1.54, 1.807) is 19.1 Å². The van der Waals surface area contributed by atoms with Gasteiger partial charge < -0.3 is 10.1 Å². The van der Waals surface area contributed by atoms with E-state index < -0.39 is 6.10 Å². The molecule has 1 unspecified atom stereocenters. The first-order chi connectivity index (χ1) is 9.58. The average Bonchev–Trinajstić information content (AvgIpc) is 2.89. The van der Waals surface area contributed by atoms with Crippen molar-refractivity contribution in [1.29, 1.82) is 0 Å². The normalized spacial score (nSPS) is 11.9. The maximum Gasteiger partial charge on any atom is 0.266 e. The third kappa shape index (κ3) is 3.84. The molecule has 0 aliphatic rings. The Balaban J connectivity index is 1.93. The van der Waals surface area contributed by atoms with Crippen molar-refractivity contribution in [2.75, 3.05) is 5.32 Å². The van der Waals surface area contributed by atoms with E-state index in [0.717, 1.165) is 16.6 Å². The zero-order valence-corrected chi connectivity index (χ0v) is 12.9. The van der Waals surface area contributed by atoms with Crippen molar-refractivity contribution in [1.82, 2.24) is 10.2 Å². The van der Waals surface area contributed by atoms with Crippen LogP contribution >= 0.6 is 15.9 Å². The van der Waals surface area contributed by atoms with Crippen LogP contribution in [0.5, 0.6) is 5.75 Å². The summed E-state index contributed by atoms with van der Waals surface area (Å²) in [6.07, 6.45) is 0.242. The van der Waals surface area contributed by atoms with E-state index in [1.165, 1.54) is 0 Å². The molecule has 5 nitrogen and oxygen atoms in total. The number of amides is 1. The first-order valence-corrected chi connectivity index (χ1v) is 7.15. The van der Waals surface area contributed by atoms with Gasteiger partial charge in [0.2, 0.25) is 0 Å². The summed E-state index contributed by atoms with van der Waals surface area (Å²) < 4.78 is 6.53. The number of aromatic amines is 1. The first-order valence-electron chi connectivity index (χ1n) is 6.36. The first kappa shape index (κ1) is 14.6. The fourth-order valence-electron chi connectivity index (χ4n) is 1.61. The standard InChI is InChI=1S/C14H16BrN3O2/c1-3-11-8-13(18-17-11)16-14(19)9(2)20-12-6-4-10(15)5-7-12/h4-9H,3H2,1-2H3,(H2,16,17,18,19). The summed E-state index contributed by atoms with van der Waals surface area (Å²) in [4.78, 5) is 12.0. The Morgan fingerprint density at radius 2 is 2.15 bits per heavy atom. The minimum atomic E-state index is -0.599. The van der Waals surface area contributed by atoms with Crippen LogP contribution in [-0.2, 0) is 11.2 Å². The van der Waals surface area contributed by atoms with Crippen LogP contribution in [-0.4, -0.2) is 22.2 Å². The number of aromatic nitrogens is 2. The second kappa shape index (κ2) is 6.56. The van der Waals surface area contributed by atoms with Crippen LogP contribution in [0.25, 0.3) is 0 Å². The summed E-state index contributed by atoms with van der Waals surface area (Å²) in [5.74, 6) is 0.923. The fourth-order valence-corrected chi connectivity index (χ4v) is 1.87. The minimum Gasteiger partial charge on any atom is -0.481 e. The van der Waals surface area contributed by atoms with Gasteiger partial charge in [-0.2, -0.15) is 5.10 Å². The monoisotopic (exact) mass is 337 g/mol. The van der Waals surface area contributed by atoms with Gasteiger partial charge in [0.05, 0.1) is 0 Å². The molecule has 0 aliphatic heterocycles. The van der Waals surface area contributed by atoms with E-state index >= 15 is 0 Å². The van der Waals surface area contributed by atoms with Crippen molar-refractivity contribution in [3.05, 3.63) is 40.5 Å². The van der Waals surface area contributed by atoms with Crippen LogP contribution < -0.4 is 10.1 Å². The molecule has 0 radical (unpaired) electrons. The lowest BCUT2D eigenvalue weighted by molar-refractivity contribution is -0.122. The molecule has 1 heterocycles. The number of hydrogen-bond donors (Lipinski definition) is 2. The number of ether oxygens (including phenoxy) is 1. The van der Waals surface area contributed by atoms with E-state index in [-0.39, 0.29) is 5.91 Å². The van der Waals surface area contributed by atoms with E-state index in [4.69, 9.17) is 4.74 Å². The van der Waals surface area contributed by atoms with Crippen LogP contribution in [0.15, 0.2) is 34.8 Å². The van der Waals surface area contributed by atoms with Gasteiger partial charge in [-0.05, 0) is 37.6 Å². The summed E-state index contributed by atoms with van der Waals surface area (Å²) in [7, 11) is 0. The number of nitrogens with zero attached hydrogens (tertiary/aromatic N) is 1. The Morgan fingerprint density at radius 1 is 1.45 bits per heavy atom. The van der Waals surface area contributed by atoms with Gasteiger partial charge in [-0.15, -0.1) is 0 Å². The minimum absolute atomic E-state index is 0.234. The number of rotatable bonds is 5. The van der Waals surface area contributed by atoms with E-state index in [2.05, 4.69) is 31.4 Å². The largest absolute Gasteiger partial charge is 0.481 e. The number of hydrogen-bond acceptors (Lipinski definition) is 3. The van der Waals surface area contributed by atoms with Crippen molar-refractivity contribution in [3.63, 3.8) is 0 Å². The molecule has 0 spiro atoms. The molecule has 1 aromatic heterocycles. The lowest BCUT2D eigenvalue weighted by Crippen LogP contribution is -2.30. The number of carbonyl (C=O) groups is 1. The van der Waals surface area contributed by atoms with Gasteiger partial charge >= 0.3 is 0 Å². The summed E-state index contributed by atoms with van der Waals surface area (Å²) >= 11 is 3.35. The Hall–Kier alpha value is -1.82. The number of carbonyl (C=O) groups excluding carboxylic acids is 1. The molecular weight excluding hydrogens is 322 g/mol. The van der Waals surface area contributed by atoms with Crippen molar-refractivity contribution < 1.29 is 9.53 Å². The zero-order chi connectivity index (χ0) is 14.5. The van der Waals surface area contributed by atoms with Crippen LogP contribution in [0, 0.1) is 0 Å². The molecule has 2 rings (SSSR count). The highest BCUT2D eigenvalue weighted by Crippen LogP contribution is 2.17. The van der Waals surface area contributed by atoms with Crippen molar-refractivity contribution in [2.45, 2.75) is 26.4 Å². The van der Waals surface area contributed by atoms with Gasteiger partial charge in [-0.3, -0.25) is 9.89 Å². The lowest BCUT2D eigenvalue weighted by Gasteiger charge is -2.13. The quantitative estimate of drug-likeness (QED) is 0.880. The topological polar surface area (TPSA) is 67.0 Å². The fraction of sp³-hybridized carbons (Fsp3) is 0.286. The van der Waals surface area contributed by atoms with Crippen molar-refractivity contribution in [3.8, 4) is 5.75 Å². The summed E-state index contributed by atoms with van der Waals surface area (Å²) in [5.41, 5.74) is 0.974. The highest BCUT2D eigenvalue weighted by Gasteiger charge is 2.16. The Labute approximate surface area is 125 Å². The molecular formula is C14H16BrN3O2. The molecule has 0 saturated carbocycles. The molecule has 0 bridgehead atoms. The molecule has 0 aliphatic carbocycles. The summed E-state index contributed by atoms with van der Waals surface area (Å²) in [6.45, 7) is 3.71. The second-order valence-electron chi connectivity index (χ2n) is 4.34. The predicted octanol–water partition coefficient (Wildman–Crippen LogP) is 3.14. The maximum absolute atomic E-state index is 12.0. The number of benzene rings is 1. The number of halogens is 1. The third-order valence-electron chi connectivity index (χ3n) is 2.76. The Kier molecular flexibility index (Phi) is 4.79. The highest BCUT2D eigenvalue weighted by atomic mass is 79.9. The number of H-pyrrole nitrogens is 1. The summed E-state index contributed by atoms with van der Waals surface area (Å²) in [5, 5.41) is 9.57. The average molecular weight is 338 g/mol. The molecule has 6 heteroatoms. The molecule has 20 heavy (non-hydrogen) atoms. The van der Waals surface area contributed by atoms with Gasteiger partial charge in [0.25, 0.3) is 5.91 Å². The van der Waals surface area contributed by atoms with E-state index in [1.807, 2.05) is 25.1 Å². The van der Waals surface area contributed by atoms with E-state index in [0.29, 0.717) is 11.6 Å². The SMILES string of the molecule is CCc1cc(NC(=O)C(C)Oc2ccc(Br)cc2)n[nH]1. The molecule has 2 N–H and O–H groups in total. The number of anilines is 1. The van der Waals surface area contributed by atoms with Gasteiger partial charge in [-0.1, -0.05) is 22.9 Å². The smallest absolute Gasteiger partial charge is 0.266 e.